The molecular formula is C20H23N5O3S. The van der Waals surface area contributed by atoms with Crippen LogP contribution in [0.3, 0.4) is 0 Å². The molecule has 0 saturated carbocycles. The molecule has 0 aliphatic carbocycles. The molecule has 9 heteroatoms. The number of aromatic nitrogens is 3. The zero-order chi connectivity index (χ0) is 20.6. The van der Waals surface area contributed by atoms with Crippen molar-refractivity contribution in [1.82, 2.24) is 15.2 Å². The molecule has 3 N–H and O–H groups in total. The minimum absolute atomic E-state index is 0.172. The van der Waals surface area contributed by atoms with Crippen molar-refractivity contribution in [3.8, 4) is 11.5 Å². The van der Waals surface area contributed by atoms with Gasteiger partial charge in [-0.25, -0.2) is 4.98 Å². The van der Waals surface area contributed by atoms with Crippen molar-refractivity contribution < 1.29 is 14.3 Å². The van der Waals surface area contributed by atoms with E-state index in [1.54, 1.807) is 32.4 Å². The summed E-state index contributed by atoms with van der Waals surface area (Å²) in [7, 11) is 3.12. The van der Waals surface area contributed by atoms with E-state index in [0.717, 1.165) is 11.3 Å². The number of benzene rings is 2. The summed E-state index contributed by atoms with van der Waals surface area (Å²) in [5.41, 5.74) is 2.81. The number of thioether (sulfide) groups is 1. The average molecular weight is 414 g/mol. The van der Waals surface area contributed by atoms with Crippen LogP contribution in [0.1, 0.15) is 11.4 Å². The smallest absolute Gasteiger partial charge is 0.234 e. The highest BCUT2D eigenvalue weighted by Crippen LogP contribution is 2.26. The number of hydrogen-bond donors (Lipinski definition) is 3. The van der Waals surface area contributed by atoms with Crippen LogP contribution >= 0.6 is 11.8 Å². The minimum atomic E-state index is -0.172. The normalized spacial score (nSPS) is 10.4. The van der Waals surface area contributed by atoms with E-state index in [0.29, 0.717) is 34.7 Å². The van der Waals surface area contributed by atoms with Gasteiger partial charge in [-0.1, -0.05) is 30.0 Å². The van der Waals surface area contributed by atoms with Gasteiger partial charge in [-0.2, -0.15) is 0 Å². The van der Waals surface area contributed by atoms with Gasteiger partial charge >= 0.3 is 0 Å². The summed E-state index contributed by atoms with van der Waals surface area (Å²) >= 11 is 1.26. The van der Waals surface area contributed by atoms with Crippen molar-refractivity contribution in [1.29, 1.82) is 0 Å². The maximum absolute atomic E-state index is 12.2. The van der Waals surface area contributed by atoms with E-state index in [-0.39, 0.29) is 11.7 Å². The van der Waals surface area contributed by atoms with E-state index >= 15 is 0 Å². The Bertz CT molecular complexity index is 954. The molecule has 0 spiro atoms. The lowest BCUT2D eigenvalue weighted by Gasteiger charge is -2.09. The molecule has 1 amide bonds. The SMILES string of the molecule is COc1cc(NC(=O)CSc2n[nH]c(CNc3ccccc3C)n2)cc(OC)c1. The van der Waals surface area contributed by atoms with Crippen LogP contribution < -0.4 is 20.1 Å². The minimum Gasteiger partial charge on any atom is -0.497 e. The molecule has 0 fully saturated rings. The largest absolute Gasteiger partial charge is 0.497 e. The number of aromatic amines is 1. The number of carbonyl (C=O) groups excluding carboxylic acids is 1. The fourth-order valence-corrected chi connectivity index (χ4v) is 3.20. The molecular weight excluding hydrogens is 390 g/mol. The summed E-state index contributed by atoms with van der Waals surface area (Å²) in [6.07, 6.45) is 0. The fourth-order valence-electron chi connectivity index (χ4n) is 2.58. The van der Waals surface area contributed by atoms with Gasteiger partial charge in [0.25, 0.3) is 0 Å². The van der Waals surface area contributed by atoms with Crippen molar-refractivity contribution in [2.24, 2.45) is 0 Å². The Labute approximate surface area is 173 Å². The van der Waals surface area contributed by atoms with Crippen LogP contribution in [-0.4, -0.2) is 41.1 Å². The second-order valence-electron chi connectivity index (χ2n) is 6.17. The molecule has 29 heavy (non-hydrogen) atoms. The van der Waals surface area contributed by atoms with Gasteiger partial charge in [0, 0.05) is 29.6 Å². The second-order valence-corrected chi connectivity index (χ2v) is 7.11. The lowest BCUT2D eigenvalue weighted by Crippen LogP contribution is -2.14. The number of anilines is 2. The molecule has 2 aromatic carbocycles. The number of H-pyrrole nitrogens is 1. The van der Waals surface area contributed by atoms with Gasteiger partial charge in [0.05, 0.1) is 26.5 Å². The number of amides is 1. The van der Waals surface area contributed by atoms with Gasteiger partial charge in [-0.05, 0) is 18.6 Å². The highest BCUT2D eigenvalue weighted by molar-refractivity contribution is 7.99. The van der Waals surface area contributed by atoms with Crippen molar-refractivity contribution in [3.63, 3.8) is 0 Å². The van der Waals surface area contributed by atoms with Gasteiger partial charge in [0.1, 0.15) is 17.3 Å². The number of nitrogens with zero attached hydrogens (tertiary/aromatic N) is 2. The molecule has 3 aromatic rings. The standard InChI is InChI=1S/C20H23N5O3S/c1-13-6-4-5-7-17(13)21-11-18-23-20(25-24-18)29-12-19(26)22-14-8-15(27-2)10-16(9-14)28-3/h4-10,21H,11-12H2,1-3H3,(H,22,26)(H,23,24,25). The van der Waals surface area contributed by atoms with Crippen LogP contribution in [0.5, 0.6) is 11.5 Å². The van der Waals surface area contributed by atoms with Gasteiger partial charge in [0.2, 0.25) is 11.1 Å². The zero-order valence-electron chi connectivity index (χ0n) is 16.5. The van der Waals surface area contributed by atoms with Crippen LogP contribution in [0.15, 0.2) is 47.6 Å². The summed E-state index contributed by atoms with van der Waals surface area (Å²) in [5.74, 6) is 1.92. The number of methoxy groups -OCH3 is 2. The molecule has 1 aromatic heterocycles. The van der Waals surface area contributed by atoms with E-state index in [9.17, 15) is 4.79 Å². The van der Waals surface area contributed by atoms with E-state index < -0.39 is 0 Å². The Morgan fingerprint density at radius 2 is 1.86 bits per heavy atom. The lowest BCUT2D eigenvalue weighted by atomic mass is 10.2. The van der Waals surface area contributed by atoms with Gasteiger partial charge < -0.3 is 20.1 Å². The van der Waals surface area contributed by atoms with Crippen molar-refractivity contribution >= 4 is 29.0 Å². The van der Waals surface area contributed by atoms with E-state index in [2.05, 4.69) is 25.8 Å². The predicted molar refractivity (Wildman–Crippen MR) is 114 cm³/mol. The summed E-state index contributed by atoms with van der Waals surface area (Å²) in [5, 5.41) is 13.7. The first kappa shape index (κ1) is 20.5. The van der Waals surface area contributed by atoms with Crippen molar-refractivity contribution in [2.45, 2.75) is 18.6 Å². The molecule has 0 radical (unpaired) electrons. The molecule has 8 nitrogen and oxygen atoms in total. The van der Waals surface area contributed by atoms with Crippen LogP contribution in [0.25, 0.3) is 0 Å². The Kier molecular flexibility index (Phi) is 6.96. The lowest BCUT2D eigenvalue weighted by molar-refractivity contribution is -0.113. The number of para-hydroxylation sites is 1. The topological polar surface area (TPSA) is 101 Å². The highest BCUT2D eigenvalue weighted by Gasteiger charge is 2.10. The van der Waals surface area contributed by atoms with E-state index in [1.807, 2.05) is 31.2 Å². The van der Waals surface area contributed by atoms with E-state index in [4.69, 9.17) is 9.47 Å². The molecule has 1 heterocycles. The highest BCUT2D eigenvalue weighted by atomic mass is 32.2. The molecule has 152 valence electrons. The molecule has 0 saturated heterocycles. The Morgan fingerprint density at radius 1 is 1.14 bits per heavy atom. The average Bonchev–Trinajstić information content (AvgIpc) is 3.19. The predicted octanol–water partition coefficient (Wildman–Crippen LogP) is 3.47. The summed E-state index contributed by atoms with van der Waals surface area (Å²) in [6, 6.07) is 13.2. The molecule has 0 atom stereocenters. The number of nitrogens with one attached hydrogen (secondary N) is 3. The summed E-state index contributed by atoms with van der Waals surface area (Å²) in [6.45, 7) is 2.56. The number of carbonyl (C=O) groups is 1. The molecule has 3 rings (SSSR count). The summed E-state index contributed by atoms with van der Waals surface area (Å²) in [4.78, 5) is 16.7. The monoisotopic (exact) mass is 413 g/mol. The second kappa shape index (κ2) is 9.83. The van der Waals surface area contributed by atoms with Gasteiger partial charge in [-0.15, -0.1) is 5.10 Å². The van der Waals surface area contributed by atoms with Gasteiger partial charge in [-0.3, -0.25) is 9.89 Å². The first-order chi connectivity index (χ1) is 14.1. The number of rotatable bonds is 9. The van der Waals surface area contributed by atoms with Gasteiger partial charge in [0.15, 0.2) is 0 Å². The quantitative estimate of drug-likeness (QED) is 0.462. The maximum Gasteiger partial charge on any atom is 0.234 e. The summed E-state index contributed by atoms with van der Waals surface area (Å²) < 4.78 is 10.4. The van der Waals surface area contributed by atoms with Crippen LogP contribution in [0, 0.1) is 6.92 Å². The number of ether oxygens (including phenoxy) is 2. The molecule has 0 aliphatic heterocycles. The number of aryl methyl sites for hydroxylation is 1. The van der Waals surface area contributed by atoms with Crippen LogP contribution in [0.2, 0.25) is 0 Å². The first-order valence-corrected chi connectivity index (χ1v) is 9.92. The van der Waals surface area contributed by atoms with Crippen LogP contribution in [0.4, 0.5) is 11.4 Å². The van der Waals surface area contributed by atoms with Crippen molar-refractivity contribution in [3.05, 3.63) is 53.9 Å². The molecule has 0 bridgehead atoms. The van der Waals surface area contributed by atoms with Crippen molar-refractivity contribution in [2.75, 3.05) is 30.6 Å². The third-order valence-electron chi connectivity index (χ3n) is 4.07. The van der Waals surface area contributed by atoms with Crippen LogP contribution in [-0.2, 0) is 11.3 Å². The maximum atomic E-state index is 12.2. The Balaban J connectivity index is 1.50. The molecule has 0 unspecified atom stereocenters. The third kappa shape index (κ3) is 5.89. The Hall–Kier alpha value is -3.20. The number of hydrogen-bond acceptors (Lipinski definition) is 7. The zero-order valence-corrected chi connectivity index (χ0v) is 17.3. The Morgan fingerprint density at radius 3 is 2.55 bits per heavy atom. The third-order valence-corrected chi connectivity index (χ3v) is 4.92. The first-order valence-electron chi connectivity index (χ1n) is 8.94. The van der Waals surface area contributed by atoms with E-state index in [1.165, 1.54) is 11.8 Å². The molecule has 0 aliphatic rings. The fraction of sp³-hybridized carbons (Fsp3) is 0.250.